The first kappa shape index (κ1) is 14.6. The first-order valence-electron chi connectivity index (χ1n) is 7.68. The van der Waals surface area contributed by atoms with Crippen LogP contribution in [0.25, 0.3) is 0 Å². The van der Waals surface area contributed by atoms with Crippen LogP contribution in [0.3, 0.4) is 0 Å². The van der Waals surface area contributed by atoms with Crippen LogP contribution in [0.5, 0.6) is 0 Å². The van der Waals surface area contributed by atoms with E-state index < -0.39 is 0 Å². The minimum Gasteiger partial charge on any atom is -0.342 e. The third-order valence-electron chi connectivity index (χ3n) is 4.04. The third kappa shape index (κ3) is 2.46. The van der Waals surface area contributed by atoms with Crippen molar-refractivity contribution in [1.29, 1.82) is 0 Å². The molecule has 22 heavy (non-hydrogen) atoms. The van der Waals surface area contributed by atoms with Gasteiger partial charge in [-0.1, -0.05) is 31.2 Å². The van der Waals surface area contributed by atoms with Gasteiger partial charge in [-0.2, -0.15) is 0 Å². The van der Waals surface area contributed by atoms with E-state index in [1.807, 2.05) is 54.4 Å². The van der Waals surface area contributed by atoms with Crippen molar-refractivity contribution in [3.8, 4) is 0 Å². The summed E-state index contributed by atoms with van der Waals surface area (Å²) in [6.07, 6.45) is 0. The van der Waals surface area contributed by atoms with Crippen LogP contribution in [0.2, 0.25) is 0 Å². The Morgan fingerprint density at radius 1 is 0.955 bits per heavy atom. The van der Waals surface area contributed by atoms with Gasteiger partial charge in [-0.3, -0.25) is 4.79 Å². The molecular formula is C18H21N3O. The summed E-state index contributed by atoms with van der Waals surface area (Å²) in [7, 11) is 2.01. The van der Waals surface area contributed by atoms with E-state index in [2.05, 4.69) is 23.2 Å². The third-order valence-corrected chi connectivity index (χ3v) is 4.04. The molecule has 0 aromatic heterocycles. The Morgan fingerprint density at radius 3 is 2.32 bits per heavy atom. The van der Waals surface area contributed by atoms with Crippen LogP contribution in [0.1, 0.15) is 17.3 Å². The molecule has 2 aromatic rings. The highest BCUT2D eigenvalue weighted by Gasteiger charge is 2.28. The average Bonchev–Trinajstić information content (AvgIpc) is 2.65. The minimum atomic E-state index is 0.0605. The smallest absolute Gasteiger partial charge is 0.260 e. The molecule has 0 aliphatic carbocycles. The predicted octanol–water partition coefficient (Wildman–Crippen LogP) is 3.02. The van der Waals surface area contributed by atoms with Crippen molar-refractivity contribution in [3.63, 3.8) is 0 Å². The number of fused-ring (bicyclic) bond motifs is 2. The number of benzene rings is 2. The van der Waals surface area contributed by atoms with Crippen LogP contribution < -0.4 is 15.1 Å². The lowest BCUT2D eigenvalue weighted by atomic mass is 10.1. The lowest BCUT2D eigenvalue weighted by Gasteiger charge is -2.24. The Morgan fingerprint density at radius 2 is 1.59 bits per heavy atom. The van der Waals surface area contributed by atoms with Crippen molar-refractivity contribution in [2.24, 2.45) is 0 Å². The van der Waals surface area contributed by atoms with Gasteiger partial charge >= 0.3 is 0 Å². The molecule has 1 aliphatic heterocycles. The predicted molar refractivity (Wildman–Crippen MR) is 91.2 cm³/mol. The quantitative estimate of drug-likeness (QED) is 0.881. The van der Waals surface area contributed by atoms with E-state index >= 15 is 0 Å². The Hall–Kier alpha value is -2.33. The minimum absolute atomic E-state index is 0.0605. The molecule has 0 spiro atoms. The Bertz CT molecular complexity index is 684. The first-order chi connectivity index (χ1) is 10.7. The lowest BCUT2D eigenvalue weighted by Crippen LogP contribution is -2.36. The second-order valence-electron chi connectivity index (χ2n) is 5.38. The Kier molecular flexibility index (Phi) is 4.11. The molecule has 1 heterocycles. The van der Waals surface area contributed by atoms with Crippen LogP contribution in [0.15, 0.2) is 48.5 Å². The SMILES string of the molecule is CCNCCN1C(=O)c2ccccc2N(C)c2ccccc21. The molecule has 1 amide bonds. The number of likely N-dealkylation sites (N-methyl/N-ethyl adjacent to an activating group) is 1. The van der Waals surface area contributed by atoms with Crippen molar-refractivity contribution in [2.45, 2.75) is 6.92 Å². The second kappa shape index (κ2) is 6.20. The highest BCUT2D eigenvalue weighted by Crippen LogP contribution is 2.39. The molecule has 0 radical (unpaired) electrons. The zero-order valence-corrected chi connectivity index (χ0v) is 13.0. The number of hydrogen-bond donors (Lipinski definition) is 1. The number of nitrogens with zero attached hydrogens (tertiary/aromatic N) is 2. The summed E-state index contributed by atoms with van der Waals surface area (Å²) in [5.74, 6) is 0.0605. The van der Waals surface area contributed by atoms with E-state index in [0.717, 1.165) is 35.7 Å². The van der Waals surface area contributed by atoms with Crippen molar-refractivity contribution in [1.82, 2.24) is 5.32 Å². The maximum atomic E-state index is 13.0. The monoisotopic (exact) mass is 295 g/mol. The molecule has 114 valence electrons. The summed E-state index contributed by atoms with van der Waals surface area (Å²) in [6, 6.07) is 15.9. The number of carbonyl (C=O) groups is 1. The van der Waals surface area contributed by atoms with Gasteiger partial charge in [0.2, 0.25) is 0 Å². The van der Waals surface area contributed by atoms with E-state index in [-0.39, 0.29) is 5.91 Å². The molecule has 1 aliphatic rings. The average molecular weight is 295 g/mol. The van der Waals surface area contributed by atoms with E-state index in [1.165, 1.54) is 0 Å². The Balaban J connectivity index is 2.10. The van der Waals surface area contributed by atoms with Gasteiger partial charge in [-0.05, 0) is 30.8 Å². The van der Waals surface area contributed by atoms with E-state index in [4.69, 9.17) is 0 Å². The van der Waals surface area contributed by atoms with Crippen LogP contribution in [0, 0.1) is 0 Å². The molecule has 0 fully saturated rings. The van der Waals surface area contributed by atoms with Gasteiger partial charge in [0.1, 0.15) is 0 Å². The fourth-order valence-electron chi connectivity index (χ4n) is 2.90. The van der Waals surface area contributed by atoms with Gasteiger partial charge < -0.3 is 15.1 Å². The van der Waals surface area contributed by atoms with E-state index in [0.29, 0.717) is 6.54 Å². The van der Waals surface area contributed by atoms with Gasteiger partial charge in [0.05, 0.1) is 22.6 Å². The molecule has 0 atom stereocenters. The fraction of sp³-hybridized carbons (Fsp3) is 0.278. The van der Waals surface area contributed by atoms with E-state index in [9.17, 15) is 4.79 Å². The van der Waals surface area contributed by atoms with Gasteiger partial charge in [0.25, 0.3) is 5.91 Å². The molecule has 3 rings (SSSR count). The Labute approximate surface area is 131 Å². The molecular weight excluding hydrogens is 274 g/mol. The number of nitrogens with one attached hydrogen (secondary N) is 1. The van der Waals surface area contributed by atoms with Crippen molar-refractivity contribution in [2.75, 3.05) is 36.5 Å². The molecule has 0 saturated heterocycles. The molecule has 4 heteroatoms. The zero-order valence-electron chi connectivity index (χ0n) is 13.0. The standard InChI is InChI=1S/C18H21N3O/c1-3-19-12-13-21-17-11-7-6-10-16(17)20(2)15-9-5-4-8-14(15)18(21)22/h4-11,19H,3,12-13H2,1-2H3. The van der Waals surface area contributed by atoms with Crippen molar-refractivity contribution in [3.05, 3.63) is 54.1 Å². The van der Waals surface area contributed by atoms with Crippen LogP contribution in [0.4, 0.5) is 17.1 Å². The van der Waals surface area contributed by atoms with Crippen molar-refractivity contribution >= 4 is 23.0 Å². The highest BCUT2D eigenvalue weighted by atomic mass is 16.2. The maximum Gasteiger partial charge on any atom is 0.260 e. The number of amides is 1. The molecule has 4 nitrogen and oxygen atoms in total. The van der Waals surface area contributed by atoms with Gasteiger partial charge in [-0.15, -0.1) is 0 Å². The molecule has 1 N–H and O–H groups in total. The second-order valence-corrected chi connectivity index (χ2v) is 5.38. The molecule has 0 saturated carbocycles. The topological polar surface area (TPSA) is 35.6 Å². The summed E-state index contributed by atoms with van der Waals surface area (Å²) in [4.78, 5) is 17.0. The van der Waals surface area contributed by atoms with Gasteiger partial charge in [-0.25, -0.2) is 0 Å². The van der Waals surface area contributed by atoms with Crippen LogP contribution in [-0.4, -0.2) is 32.6 Å². The zero-order chi connectivity index (χ0) is 15.5. The van der Waals surface area contributed by atoms with Gasteiger partial charge in [0, 0.05) is 20.1 Å². The highest BCUT2D eigenvalue weighted by molar-refractivity contribution is 6.13. The molecule has 0 unspecified atom stereocenters. The number of hydrogen-bond acceptors (Lipinski definition) is 3. The number of anilines is 3. The number of rotatable bonds is 4. The summed E-state index contributed by atoms with van der Waals surface area (Å²) < 4.78 is 0. The van der Waals surface area contributed by atoms with E-state index in [1.54, 1.807) is 0 Å². The largest absolute Gasteiger partial charge is 0.342 e. The summed E-state index contributed by atoms with van der Waals surface area (Å²) in [5.41, 5.74) is 3.71. The first-order valence-corrected chi connectivity index (χ1v) is 7.68. The molecule has 2 aromatic carbocycles. The lowest BCUT2D eigenvalue weighted by molar-refractivity contribution is 0.0988. The van der Waals surface area contributed by atoms with Gasteiger partial charge in [0.15, 0.2) is 0 Å². The maximum absolute atomic E-state index is 13.0. The van der Waals surface area contributed by atoms with Crippen LogP contribution >= 0.6 is 0 Å². The molecule has 0 bridgehead atoms. The fourth-order valence-corrected chi connectivity index (χ4v) is 2.90. The summed E-state index contributed by atoms with van der Waals surface area (Å²) in [6.45, 7) is 4.41. The normalized spacial score (nSPS) is 13.6. The van der Waals surface area contributed by atoms with Crippen molar-refractivity contribution < 1.29 is 4.79 Å². The summed E-state index contributed by atoms with van der Waals surface area (Å²) >= 11 is 0. The number of para-hydroxylation sites is 3. The van der Waals surface area contributed by atoms with Crippen LogP contribution in [-0.2, 0) is 0 Å². The summed E-state index contributed by atoms with van der Waals surface area (Å²) in [5, 5.41) is 3.30. The number of carbonyl (C=O) groups excluding carboxylic acids is 1.